The van der Waals surface area contributed by atoms with Crippen molar-refractivity contribution < 1.29 is 0 Å². The normalized spacial score (nSPS) is 7.91. The number of nitriles is 1. The molecule has 0 aliphatic heterocycles. The van der Waals surface area contributed by atoms with E-state index < -0.39 is 0 Å². The Bertz CT molecular complexity index is 283. The van der Waals surface area contributed by atoms with Crippen LogP contribution in [0.2, 0.25) is 0 Å². The lowest BCUT2D eigenvalue weighted by Gasteiger charge is -1.73. The Morgan fingerprint density at radius 3 is 3.18 bits per heavy atom. The van der Waals surface area contributed by atoms with Gasteiger partial charge < -0.3 is 4.98 Å². The highest BCUT2D eigenvalue weighted by Crippen LogP contribution is 1.87. The number of nitrogens with one attached hydrogen (secondary N) is 1. The van der Waals surface area contributed by atoms with E-state index in [1.165, 1.54) is 12.5 Å². The molecule has 54 valence electrons. The van der Waals surface area contributed by atoms with Crippen LogP contribution in [0, 0.1) is 11.3 Å². The quantitative estimate of drug-likeness (QED) is 0.600. The molecule has 1 N–H and O–H groups in total. The summed E-state index contributed by atoms with van der Waals surface area (Å²) >= 11 is 0. The van der Waals surface area contributed by atoms with Crippen molar-refractivity contribution in [3.63, 3.8) is 0 Å². The predicted molar refractivity (Wildman–Crippen MR) is 40.9 cm³/mol. The summed E-state index contributed by atoms with van der Waals surface area (Å²) in [7, 11) is 0. The van der Waals surface area contributed by atoms with E-state index in [0.717, 1.165) is 0 Å². The molecular formula is C8H7N3. The highest BCUT2D eigenvalue weighted by atomic mass is 14.8. The van der Waals surface area contributed by atoms with Gasteiger partial charge in [-0.1, -0.05) is 6.07 Å². The van der Waals surface area contributed by atoms with Gasteiger partial charge in [0.2, 0.25) is 0 Å². The van der Waals surface area contributed by atoms with E-state index in [-0.39, 0.29) is 0 Å². The minimum atomic E-state index is 0.537. The first-order chi connectivity index (χ1) is 5.43. The van der Waals surface area contributed by atoms with E-state index in [9.17, 15) is 0 Å². The number of H-pyrrole nitrogens is 1. The summed E-state index contributed by atoms with van der Waals surface area (Å²) in [6.07, 6.45) is 4.74. The van der Waals surface area contributed by atoms with Gasteiger partial charge >= 0.3 is 0 Å². The fraction of sp³-hybridized carbons (Fsp3) is 0. The van der Waals surface area contributed by atoms with Crippen molar-refractivity contribution in [2.45, 2.75) is 0 Å². The van der Waals surface area contributed by atoms with Crippen molar-refractivity contribution in [1.29, 1.82) is 5.26 Å². The molecule has 0 aliphatic rings. The Morgan fingerprint density at radius 1 is 1.45 bits per heavy atom. The molecule has 0 fully saturated rings. The molecule has 0 radical (unpaired) electrons. The first kappa shape index (κ1) is 7.29. The van der Waals surface area contributed by atoms with Crippen molar-refractivity contribution in [3.05, 3.63) is 42.5 Å². The zero-order valence-electron chi connectivity index (χ0n) is 5.86. The molecule has 0 bridgehead atoms. The molecule has 0 saturated heterocycles. The first-order valence-electron chi connectivity index (χ1n) is 3.14. The van der Waals surface area contributed by atoms with Gasteiger partial charge in [0.15, 0.2) is 0 Å². The van der Waals surface area contributed by atoms with Crippen LogP contribution in [0.15, 0.2) is 36.9 Å². The molecule has 0 spiro atoms. The highest BCUT2D eigenvalue weighted by molar-refractivity contribution is 5.22. The summed E-state index contributed by atoms with van der Waals surface area (Å²) in [5, 5.41) is 8.51. The predicted octanol–water partition coefficient (Wildman–Crippen LogP) is 1.41. The fourth-order valence-electron chi connectivity index (χ4n) is 0.583. The van der Waals surface area contributed by atoms with E-state index >= 15 is 0 Å². The number of hydrogen-bond acceptors (Lipinski definition) is 2. The molecule has 11 heavy (non-hydrogen) atoms. The van der Waals surface area contributed by atoms with Crippen LogP contribution < -0.4 is 0 Å². The van der Waals surface area contributed by atoms with Crippen LogP contribution >= 0.6 is 0 Å². The Hall–Kier alpha value is -1.82. The van der Waals surface area contributed by atoms with E-state index in [1.807, 2.05) is 6.07 Å². The van der Waals surface area contributed by atoms with Gasteiger partial charge in [0.05, 0.1) is 11.9 Å². The van der Waals surface area contributed by atoms with Gasteiger partial charge in [0.25, 0.3) is 0 Å². The van der Waals surface area contributed by atoms with Crippen molar-refractivity contribution in [2.75, 3.05) is 0 Å². The van der Waals surface area contributed by atoms with E-state index in [1.54, 1.807) is 24.4 Å². The fourth-order valence-corrected chi connectivity index (χ4v) is 0.583. The van der Waals surface area contributed by atoms with Crippen LogP contribution in [0.4, 0.5) is 0 Å². The van der Waals surface area contributed by atoms with Gasteiger partial charge in [-0.15, -0.1) is 0 Å². The molecule has 1 rings (SSSR count). The molecule has 1 heterocycles. The Balaban J connectivity index is 3.20. The smallest absolute Gasteiger partial charge is 0.101 e. The zero-order valence-corrected chi connectivity index (χ0v) is 5.86. The summed E-state index contributed by atoms with van der Waals surface area (Å²) < 4.78 is 0. The van der Waals surface area contributed by atoms with E-state index in [4.69, 9.17) is 5.26 Å². The van der Waals surface area contributed by atoms with Crippen molar-refractivity contribution in [2.24, 2.45) is 0 Å². The lowest BCUT2D eigenvalue weighted by Crippen LogP contribution is -1.67. The Kier molecular flexibility index (Phi) is 2.70. The van der Waals surface area contributed by atoms with Crippen LogP contribution in [-0.2, 0) is 0 Å². The van der Waals surface area contributed by atoms with Gasteiger partial charge in [0, 0.05) is 12.4 Å². The molecule has 1 aromatic heterocycles. The van der Waals surface area contributed by atoms with Gasteiger partial charge in [-0.2, -0.15) is 5.26 Å². The zero-order chi connectivity index (χ0) is 7.94. The third-order valence-electron chi connectivity index (χ3n) is 1.07. The maximum atomic E-state index is 8.51. The van der Waals surface area contributed by atoms with Crippen molar-refractivity contribution in [3.8, 4) is 6.07 Å². The van der Waals surface area contributed by atoms with Crippen LogP contribution in [0.5, 0.6) is 0 Å². The van der Waals surface area contributed by atoms with Crippen molar-refractivity contribution in [1.82, 2.24) is 9.97 Å². The SMILES string of the molecule is N#Cc1cccc[nH]cnc1. The molecule has 3 nitrogen and oxygen atoms in total. The molecular weight excluding hydrogens is 138 g/mol. The summed E-state index contributed by atoms with van der Waals surface area (Å²) in [4.78, 5) is 6.61. The summed E-state index contributed by atoms with van der Waals surface area (Å²) in [6, 6.07) is 7.26. The lowest BCUT2D eigenvalue weighted by molar-refractivity contribution is 1.20. The van der Waals surface area contributed by atoms with Crippen LogP contribution in [-0.4, -0.2) is 9.97 Å². The number of aromatic nitrogens is 2. The largest absolute Gasteiger partial charge is 0.353 e. The van der Waals surface area contributed by atoms with Crippen molar-refractivity contribution >= 4 is 0 Å². The number of aromatic amines is 1. The molecule has 0 amide bonds. The highest BCUT2D eigenvalue weighted by Gasteiger charge is 1.78. The minimum Gasteiger partial charge on any atom is -0.353 e. The second-order valence-electron chi connectivity index (χ2n) is 1.86. The topological polar surface area (TPSA) is 52.5 Å². The van der Waals surface area contributed by atoms with Crippen LogP contribution in [0.25, 0.3) is 0 Å². The number of nitrogens with zero attached hydrogens (tertiary/aromatic N) is 2. The average Bonchev–Trinajstić information content (AvgIpc) is 2.16. The number of hydrogen-bond donors (Lipinski definition) is 1. The molecule has 0 saturated carbocycles. The summed E-state index contributed by atoms with van der Waals surface area (Å²) in [6.45, 7) is 0. The molecule has 0 aliphatic carbocycles. The molecule has 0 aromatic carbocycles. The summed E-state index contributed by atoms with van der Waals surface area (Å²) in [5.41, 5.74) is 0.537. The summed E-state index contributed by atoms with van der Waals surface area (Å²) in [5.74, 6) is 0. The Labute approximate surface area is 64.7 Å². The number of rotatable bonds is 0. The monoisotopic (exact) mass is 145 g/mol. The molecule has 3 heteroatoms. The lowest BCUT2D eigenvalue weighted by atomic mass is 10.3. The van der Waals surface area contributed by atoms with Gasteiger partial charge in [-0.3, -0.25) is 0 Å². The second kappa shape index (κ2) is 4.07. The molecule has 0 atom stereocenters. The molecule has 0 unspecified atom stereocenters. The average molecular weight is 145 g/mol. The van der Waals surface area contributed by atoms with Gasteiger partial charge in [0.1, 0.15) is 6.07 Å². The standard InChI is InChI=1S/C8H7N3/c9-5-8-3-1-2-4-10-7-11-6-8/h1-4,6-7H,(H,10,11). The van der Waals surface area contributed by atoms with Gasteiger partial charge in [-0.05, 0) is 12.1 Å². The third kappa shape index (κ3) is 2.50. The first-order valence-corrected chi connectivity index (χ1v) is 3.14. The second-order valence-corrected chi connectivity index (χ2v) is 1.86. The van der Waals surface area contributed by atoms with E-state index in [0.29, 0.717) is 5.56 Å². The maximum absolute atomic E-state index is 8.51. The minimum absolute atomic E-state index is 0.537. The molecule has 1 aromatic rings. The maximum Gasteiger partial charge on any atom is 0.101 e. The third-order valence-corrected chi connectivity index (χ3v) is 1.07. The Morgan fingerprint density at radius 2 is 2.36 bits per heavy atom. The van der Waals surface area contributed by atoms with Crippen LogP contribution in [0.3, 0.4) is 0 Å². The van der Waals surface area contributed by atoms with E-state index in [2.05, 4.69) is 9.97 Å². The van der Waals surface area contributed by atoms with Gasteiger partial charge in [-0.25, -0.2) is 4.98 Å². The van der Waals surface area contributed by atoms with Crippen LogP contribution in [0.1, 0.15) is 5.56 Å².